The number of benzene rings is 5. The minimum absolute atomic E-state index is 0.282. The van der Waals surface area contributed by atoms with Crippen LogP contribution in [0.3, 0.4) is 0 Å². The summed E-state index contributed by atoms with van der Waals surface area (Å²) in [6.45, 7) is 1.94. The smallest absolute Gasteiger partial charge is 0.260 e. The lowest BCUT2D eigenvalue weighted by Gasteiger charge is -2.20. The molecule has 0 bridgehead atoms. The molecule has 6 nitrogen and oxygen atoms in total. The Bertz CT molecular complexity index is 1530. The Morgan fingerprint density at radius 3 is 1.57 bits per heavy atom. The van der Waals surface area contributed by atoms with Crippen molar-refractivity contribution in [1.82, 2.24) is 5.32 Å². The zero-order valence-corrected chi connectivity index (χ0v) is 22.8. The van der Waals surface area contributed by atoms with E-state index in [0.717, 1.165) is 21.5 Å². The number of para-hydroxylation sites is 1. The maximum absolute atomic E-state index is 13.1. The number of hydrogen-bond donors (Lipinski definition) is 2. The molecule has 5 rings (SSSR count). The van der Waals surface area contributed by atoms with Crippen LogP contribution in [-0.2, 0) is 0 Å². The van der Waals surface area contributed by atoms with Crippen LogP contribution in [-0.4, -0.2) is 11.8 Å². The standard InChI is InChI=1S/C33H27N4O2P/c1-25-21-23-26(24-22-25)32(38)34-33(39)30-19-11-12-20-31(30)35-36-37-40(27-13-5-2-6-14-27,28-15-7-3-8-16-28)29-17-9-4-10-18-29/h2-24H,1H3,(H-,34,35,37,38,39)/p+1. The van der Waals surface area contributed by atoms with Gasteiger partial charge in [0.25, 0.3) is 19.2 Å². The highest BCUT2D eigenvalue weighted by atomic mass is 31.2. The van der Waals surface area contributed by atoms with Crippen molar-refractivity contribution in [2.24, 2.45) is 10.1 Å². The average Bonchev–Trinajstić information content (AvgIpc) is 3.01. The van der Waals surface area contributed by atoms with Gasteiger partial charge in [-0.15, -0.1) is 0 Å². The quantitative estimate of drug-likeness (QED) is 0.105. The second kappa shape index (κ2) is 12.3. The van der Waals surface area contributed by atoms with Gasteiger partial charge < -0.3 is 0 Å². The van der Waals surface area contributed by atoms with Crippen molar-refractivity contribution in [3.8, 4) is 0 Å². The van der Waals surface area contributed by atoms with Crippen molar-refractivity contribution in [2.75, 3.05) is 5.43 Å². The second-order valence-corrected chi connectivity index (χ2v) is 12.1. The maximum atomic E-state index is 13.1. The molecule has 5 aromatic rings. The summed E-state index contributed by atoms with van der Waals surface area (Å²) < 4.78 is 0. The molecule has 0 unspecified atom stereocenters. The fourth-order valence-electron chi connectivity index (χ4n) is 4.40. The number of anilines is 1. The van der Waals surface area contributed by atoms with Crippen molar-refractivity contribution in [3.63, 3.8) is 0 Å². The summed E-state index contributed by atoms with van der Waals surface area (Å²) >= 11 is 0. The first-order valence-electron chi connectivity index (χ1n) is 12.8. The first-order chi connectivity index (χ1) is 19.6. The highest BCUT2D eigenvalue weighted by molar-refractivity contribution is 7.94. The number of aryl methyl sites for hydroxylation is 1. The molecule has 0 aliphatic heterocycles. The lowest BCUT2D eigenvalue weighted by atomic mass is 10.1. The molecule has 0 saturated heterocycles. The summed E-state index contributed by atoms with van der Waals surface area (Å²) in [5.41, 5.74) is 5.15. The minimum Gasteiger partial charge on any atom is -0.288 e. The third-order valence-corrected chi connectivity index (χ3v) is 9.95. The summed E-state index contributed by atoms with van der Waals surface area (Å²) in [7, 11) is -2.55. The summed E-state index contributed by atoms with van der Waals surface area (Å²) in [6, 6.07) is 44.4. The minimum atomic E-state index is -2.55. The summed E-state index contributed by atoms with van der Waals surface area (Å²) in [5.74, 6) is -0.997. The molecular formula is C33H28N4O2P+. The first kappa shape index (κ1) is 26.7. The second-order valence-electron chi connectivity index (χ2n) is 9.14. The molecule has 196 valence electrons. The van der Waals surface area contributed by atoms with Crippen LogP contribution in [0.25, 0.3) is 0 Å². The molecule has 2 N–H and O–H groups in total. The van der Waals surface area contributed by atoms with Crippen LogP contribution in [0.2, 0.25) is 0 Å². The van der Waals surface area contributed by atoms with Gasteiger partial charge in [-0.05, 0) is 72.8 Å². The molecular weight excluding hydrogens is 515 g/mol. The fourth-order valence-corrected chi connectivity index (χ4v) is 7.60. The Balaban J connectivity index is 1.49. The van der Waals surface area contributed by atoms with E-state index < -0.39 is 19.2 Å². The Hall–Kier alpha value is -4.93. The average molecular weight is 544 g/mol. The molecule has 40 heavy (non-hydrogen) atoms. The molecule has 0 aromatic heterocycles. The van der Waals surface area contributed by atoms with Gasteiger partial charge in [-0.25, -0.2) is 0 Å². The molecule has 0 saturated carbocycles. The third-order valence-electron chi connectivity index (χ3n) is 6.45. The topological polar surface area (TPSA) is 82.9 Å². The number of nitrogens with one attached hydrogen (secondary N) is 2. The predicted molar refractivity (Wildman–Crippen MR) is 163 cm³/mol. The zero-order valence-electron chi connectivity index (χ0n) is 21.9. The first-order valence-corrected chi connectivity index (χ1v) is 14.6. The number of carbonyl (C=O) groups is 2. The summed E-state index contributed by atoms with van der Waals surface area (Å²) in [6.07, 6.45) is 0. The molecule has 0 spiro atoms. The number of rotatable bonds is 8. The molecule has 2 amide bonds. The SMILES string of the molecule is Cc1ccc(C(=O)NC(=O)c2ccccc2N/N=N/[P+](c2ccccc2)(c2ccccc2)c2ccccc2)cc1. The Kier molecular flexibility index (Phi) is 8.19. The van der Waals surface area contributed by atoms with Gasteiger partial charge >= 0.3 is 0 Å². The highest BCUT2D eigenvalue weighted by Gasteiger charge is 2.47. The number of nitrogens with zero attached hydrogens (tertiary/aromatic N) is 2. The van der Waals surface area contributed by atoms with Gasteiger partial charge in [-0.3, -0.25) is 20.3 Å². The Morgan fingerprint density at radius 2 is 1.05 bits per heavy atom. The molecule has 0 aliphatic carbocycles. The number of imide groups is 1. The van der Waals surface area contributed by atoms with Crippen LogP contribution in [0.1, 0.15) is 26.3 Å². The van der Waals surface area contributed by atoms with Crippen molar-refractivity contribution in [1.29, 1.82) is 0 Å². The van der Waals surface area contributed by atoms with Crippen LogP contribution >= 0.6 is 7.41 Å². The summed E-state index contributed by atoms with van der Waals surface area (Å²) in [4.78, 5) is 30.8. The van der Waals surface area contributed by atoms with Crippen molar-refractivity contribution in [3.05, 3.63) is 156 Å². The number of carbonyl (C=O) groups excluding carboxylic acids is 2. The van der Waals surface area contributed by atoms with Crippen molar-refractivity contribution < 1.29 is 9.59 Å². The van der Waals surface area contributed by atoms with Gasteiger partial charge in [0.1, 0.15) is 15.9 Å². The molecule has 5 aromatic carbocycles. The lowest BCUT2D eigenvalue weighted by molar-refractivity contribution is 0.0850. The molecule has 0 aliphatic rings. The van der Waals surface area contributed by atoms with E-state index >= 15 is 0 Å². The molecule has 7 heteroatoms. The van der Waals surface area contributed by atoms with E-state index in [2.05, 4.69) is 52.4 Å². The fraction of sp³-hybridized carbons (Fsp3) is 0.0303. The van der Waals surface area contributed by atoms with Crippen LogP contribution in [0, 0.1) is 6.92 Å². The van der Waals surface area contributed by atoms with Crippen LogP contribution in [0.15, 0.2) is 150 Å². The van der Waals surface area contributed by atoms with E-state index in [-0.39, 0.29) is 5.56 Å². The molecule has 0 heterocycles. The molecule has 0 fully saturated rings. The van der Waals surface area contributed by atoms with Crippen molar-refractivity contribution >= 4 is 40.8 Å². The van der Waals surface area contributed by atoms with Gasteiger partial charge in [0.05, 0.1) is 11.3 Å². The highest BCUT2D eigenvalue weighted by Crippen LogP contribution is 2.57. The van der Waals surface area contributed by atoms with E-state index in [4.69, 9.17) is 4.88 Å². The van der Waals surface area contributed by atoms with E-state index in [1.165, 1.54) is 0 Å². The van der Waals surface area contributed by atoms with E-state index in [9.17, 15) is 9.59 Å². The van der Waals surface area contributed by atoms with Crippen LogP contribution in [0.5, 0.6) is 0 Å². The monoisotopic (exact) mass is 543 g/mol. The van der Waals surface area contributed by atoms with Crippen LogP contribution in [0.4, 0.5) is 5.69 Å². The van der Waals surface area contributed by atoms with E-state index in [1.54, 1.807) is 36.4 Å². The largest absolute Gasteiger partial charge is 0.288 e. The van der Waals surface area contributed by atoms with Gasteiger partial charge in [0, 0.05) is 10.4 Å². The van der Waals surface area contributed by atoms with Gasteiger partial charge in [0.2, 0.25) is 0 Å². The number of amides is 2. The zero-order chi connectivity index (χ0) is 27.8. The third kappa shape index (κ3) is 5.73. The lowest BCUT2D eigenvalue weighted by Crippen LogP contribution is -2.31. The molecule has 0 atom stereocenters. The number of hydrogen-bond acceptors (Lipinski definition) is 4. The van der Waals surface area contributed by atoms with E-state index in [0.29, 0.717) is 11.3 Å². The Morgan fingerprint density at radius 1 is 0.575 bits per heavy atom. The maximum Gasteiger partial charge on any atom is 0.260 e. The van der Waals surface area contributed by atoms with Crippen molar-refractivity contribution in [2.45, 2.75) is 6.92 Å². The van der Waals surface area contributed by atoms with Gasteiger partial charge in [-0.2, -0.15) is 0 Å². The molecule has 0 radical (unpaired) electrons. The van der Waals surface area contributed by atoms with Crippen LogP contribution < -0.4 is 26.7 Å². The summed E-state index contributed by atoms with van der Waals surface area (Å²) in [5, 5.41) is 10.1. The predicted octanol–water partition coefficient (Wildman–Crippen LogP) is 6.25. The van der Waals surface area contributed by atoms with E-state index in [1.807, 2.05) is 73.7 Å². The Labute approximate surface area is 234 Å². The van der Waals surface area contributed by atoms with Gasteiger partial charge in [0.15, 0.2) is 0 Å². The normalized spacial score (nSPS) is 11.2. The van der Waals surface area contributed by atoms with Gasteiger partial charge in [-0.1, -0.05) is 84.4 Å².